The first-order valence-corrected chi connectivity index (χ1v) is 6.94. The molecule has 0 bridgehead atoms. The Morgan fingerprint density at radius 3 is 2.45 bits per heavy atom. The molecule has 2 aromatic carbocycles. The van der Waals surface area contributed by atoms with Crippen molar-refractivity contribution in [2.75, 3.05) is 0 Å². The van der Waals surface area contributed by atoms with Crippen molar-refractivity contribution in [2.24, 2.45) is 0 Å². The Morgan fingerprint density at radius 2 is 1.65 bits per heavy atom. The number of aromatic nitrogens is 1. The van der Waals surface area contributed by atoms with Crippen LogP contribution in [0.5, 0.6) is 0 Å². The molecule has 3 rings (SSSR count). The predicted molar refractivity (Wildman–Crippen MR) is 83.5 cm³/mol. The molecule has 0 aliphatic heterocycles. The highest BCUT2D eigenvalue weighted by Gasteiger charge is 2.20. The van der Waals surface area contributed by atoms with E-state index >= 15 is 0 Å². The minimum Gasteiger partial charge on any atom is -0.198 e. The largest absolute Gasteiger partial charge is 0.198 e. The lowest BCUT2D eigenvalue weighted by Crippen LogP contribution is -2.39. The van der Waals surface area contributed by atoms with Gasteiger partial charge in [-0.25, -0.2) is 0 Å². The highest BCUT2D eigenvalue weighted by atomic mass is 15.0. The van der Waals surface area contributed by atoms with Crippen molar-refractivity contribution in [1.82, 2.24) is 0 Å². The molecule has 3 aromatic rings. The fraction of sp³-hybridized carbons (Fsp3) is 0.105. The summed E-state index contributed by atoms with van der Waals surface area (Å²) in [7, 11) is 0. The maximum atomic E-state index is 3.92. The third-order valence-corrected chi connectivity index (χ3v) is 3.67. The van der Waals surface area contributed by atoms with Gasteiger partial charge in [0.2, 0.25) is 0 Å². The molecule has 0 saturated heterocycles. The van der Waals surface area contributed by atoms with Gasteiger partial charge in [0.05, 0.1) is 0 Å². The second kappa shape index (κ2) is 5.70. The number of benzene rings is 2. The maximum Gasteiger partial charge on any atom is 0.187 e. The van der Waals surface area contributed by atoms with Crippen LogP contribution in [-0.4, -0.2) is 0 Å². The third-order valence-electron chi connectivity index (χ3n) is 3.67. The van der Waals surface area contributed by atoms with E-state index in [9.17, 15) is 0 Å². The van der Waals surface area contributed by atoms with Crippen molar-refractivity contribution >= 4 is 10.8 Å². The van der Waals surface area contributed by atoms with Gasteiger partial charge in [0.15, 0.2) is 18.4 Å². The minimum absolute atomic E-state index is 0.291. The van der Waals surface area contributed by atoms with E-state index in [0.717, 1.165) is 6.42 Å². The molecule has 0 spiro atoms. The minimum atomic E-state index is 0.291. The molecule has 1 aromatic heterocycles. The van der Waals surface area contributed by atoms with Gasteiger partial charge >= 0.3 is 0 Å². The van der Waals surface area contributed by atoms with Crippen LogP contribution in [0.3, 0.4) is 0 Å². The molecule has 0 N–H and O–H groups in total. The first-order chi connectivity index (χ1) is 9.90. The van der Waals surface area contributed by atoms with E-state index in [1.165, 1.54) is 16.3 Å². The van der Waals surface area contributed by atoms with Crippen molar-refractivity contribution in [3.8, 4) is 0 Å². The zero-order valence-electron chi connectivity index (χ0n) is 11.4. The molecule has 0 saturated carbocycles. The molecular weight excluding hydrogens is 242 g/mol. The normalized spacial score (nSPS) is 12.2. The average molecular weight is 260 g/mol. The molecule has 98 valence electrons. The monoisotopic (exact) mass is 260 g/mol. The fourth-order valence-corrected chi connectivity index (χ4v) is 2.73. The predicted octanol–water partition coefficient (Wildman–Crippen LogP) is 4.29. The zero-order chi connectivity index (χ0) is 13.8. The summed E-state index contributed by atoms with van der Waals surface area (Å²) in [5.41, 5.74) is 1.35. The summed E-state index contributed by atoms with van der Waals surface area (Å²) in [5.74, 6) is 0. The van der Waals surface area contributed by atoms with E-state index in [0.29, 0.717) is 6.04 Å². The van der Waals surface area contributed by atoms with Gasteiger partial charge in [0.25, 0.3) is 0 Å². The molecule has 0 amide bonds. The van der Waals surface area contributed by atoms with Crippen molar-refractivity contribution in [1.29, 1.82) is 0 Å². The van der Waals surface area contributed by atoms with Crippen LogP contribution in [0.25, 0.3) is 10.8 Å². The molecule has 1 unspecified atom stereocenters. The van der Waals surface area contributed by atoms with Crippen LogP contribution in [-0.2, 0) is 0 Å². The van der Waals surface area contributed by atoms with E-state index in [1.807, 2.05) is 12.1 Å². The molecule has 1 atom stereocenters. The van der Waals surface area contributed by atoms with Crippen LogP contribution >= 0.6 is 0 Å². The van der Waals surface area contributed by atoms with Crippen LogP contribution < -0.4 is 4.57 Å². The zero-order valence-corrected chi connectivity index (χ0v) is 11.4. The number of hydrogen-bond donors (Lipinski definition) is 0. The van der Waals surface area contributed by atoms with Gasteiger partial charge in [-0.3, -0.25) is 0 Å². The highest BCUT2D eigenvalue weighted by molar-refractivity contribution is 5.85. The lowest BCUT2D eigenvalue weighted by Gasteiger charge is -2.13. The summed E-state index contributed by atoms with van der Waals surface area (Å²) in [6.07, 6.45) is 7.15. The molecule has 20 heavy (non-hydrogen) atoms. The number of pyridine rings is 1. The smallest absolute Gasteiger partial charge is 0.187 e. The fourth-order valence-electron chi connectivity index (χ4n) is 2.73. The Labute approximate surface area is 119 Å². The van der Waals surface area contributed by atoms with Crippen LogP contribution in [0.15, 0.2) is 85.7 Å². The second-order valence-corrected chi connectivity index (χ2v) is 4.93. The van der Waals surface area contributed by atoms with Crippen molar-refractivity contribution in [3.63, 3.8) is 0 Å². The second-order valence-electron chi connectivity index (χ2n) is 4.93. The van der Waals surface area contributed by atoms with Crippen LogP contribution in [0.1, 0.15) is 18.0 Å². The Bertz CT molecular complexity index is 711. The lowest BCUT2D eigenvalue weighted by atomic mass is 9.96. The van der Waals surface area contributed by atoms with Crippen molar-refractivity contribution in [2.45, 2.75) is 12.5 Å². The quantitative estimate of drug-likeness (QED) is 0.486. The average Bonchev–Trinajstić information content (AvgIpc) is 2.53. The molecule has 1 nitrogen and oxygen atoms in total. The van der Waals surface area contributed by atoms with Crippen LogP contribution in [0.4, 0.5) is 0 Å². The van der Waals surface area contributed by atoms with Gasteiger partial charge in [-0.15, -0.1) is 6.58 Å². The van der Waals surface area contributed by atoms with Crippen LogP contribution in [0.2, 0.25) is 0 Å². The standard InChI is InChI=1S/C19H18N/c1-2-9-19(20-14-6-3-7-15-20)18-13-8-11-16-10-4-5-12-17(16)18/h2-8,10-15,19H,1,9H2/q+1. The van der Waals surface area contributed by atoms with E-state index in [2.05, 4.69) is 78.1 Å². The van der Waals surface area contributed by atoms with Gasteiger partial charge in [-0.1, -0.05) is 54.6 Å². The summed E-state index contributed by atoms with van der Waals surface area (Å²) in [5, 5.41) is 2.61. The first-order valence-electron chi connectivity index (χ1n) is 6.94. The number of fused-ring (bicyclic) bond motifs is 1. The third kappa shape index (κ3) is 2.35. The number of nitrogens with zero attached hydrogens (tertiary/aromatic N) is 1. The maximum absolute atomic E-state index is 3.92. The molecular formula is C19H18N+. The molecule has 0 radical (unpaired) electrons. The summed E-state index contributed by atoms with van der Waals surface area (Å²) < 4.78 is 2.25. The summed E-state index contributed by atoms with van der Waals surface area (Å²) >= 11 is 0. The molecule has 0 aliphatic rings. The van der Waals surface area contributed by atoms with Gasteiger partial charge < -0.3 is 0 Å². The summed E-state index contributed by atoms with van der Waals surface area (Å²) in [4.78, 5) is 0. The van der Waals surface area contributed by atoms with Crippen molar-refractivity contribution in [3.05, 3.63) is 91.3 Å². The lowest BCUT2D eigenvalue weighted by molar-refractivity contribution is -0.713. The SMILES string of the molecule is C=CCC(c1cccc2ccccc12)[n+]1ccccc1. The topological polar surface area (TPSA) is 3.88 Å². The van der Waals surface area contributed by atoms with Gasteiger partial charge in [0.1, 0.15) is 0 Å². The van der Waals surface area contributed by atoms with Crippen LogP contribution in [0, 0.1) is 0 Å². The van der Waals surface area contributed by atoms with Gasteiger partial charge in [-0.05, 0) is 10.8 Å². The van der Waals surface area contributed by atoms with Gasteiger partial charge in [0, 0.05) is 24.1 Å². The Hall–Kier alpha value is -2.41. The number of hydrogen-bond acceptors (Lipinski definition) is 0. The van der Waals surface area contributed by atoms with Crippen molar-refractivity contribution < 1.29 is 4.57 Å². The van der Waals surface area contributed by atoms with E-state index in [-0.39, 0.29) is 0 Å². The number of allylic oxidation sites excluding steroid dienone is 1. The molecule has 0 fully saturated rings. The Balaban J connectivity index is 2.17. The number of rotatable bonds is 4. The summed E-state index contributed by atoms with van der Waals surface area (Å²) in [6, 6.07) is 21.6. The molecule has 1 heteroatoms. The Morgan fingerprint density at radius 1 is 0.900 bits per heavy atom. The molecule has 0 aliphatic carbocycles. The summed E-state index contributed by atoms with van der Waals surface area (Å²) in [6.45, 7) is 3.92. The van der Waals surface area contributed by atoms with E-state index in [4.69, 9.17) is 0 Å². The first kappa shape index (κ1) is 12.6. The van der Waals surface area contributed by atoms with Gasteiger partial charge in [-0.2, -0.15) is 4.57 Å². The van der Waals surface area contributed by atoms with E-state index < -0.39 is 0 Å². The molecule has 1 heterocycles. The van der Waals surface area contributed by atoms with E-state index in [1.54, 1.807) is 0 Å². The highest BCUT2D eigenvalue weighted by Crippen LogP contribution is 2.26. The Kier molecular flexibility index (Phi) is 3.60.